The third-order valence-corrected chi connectivity index (χ3v) is 4.51. The molecule has 1 saturated carbocycles. The molecule has 1 fully saturated rings. The van der Waals surface area contributed by atoms with Crippen molar-refractivity contribution in [2.45, 2.75) is 38.1 Å². The smallest absolute Gasteiger partial charge is 0.173 e. The van der Waals surface area contributed by atoms with E-state index < -0.39 is 11.6 Å². The third-order valence-electron chi connectivity index (χ3n) is 3.70. The fourth-order valence-electron chi connectivity index (χ4n) is 2.73. The van der Waals surface area contributed by atoms with Crippen molar-refractivity contribution < 1.29 is 8.78 Å². The van der Waals surface area contributed by atoms with Gasteiger partial charge >= 0.3 is 0 Å². The SMILES string of the molecule is NNC(c1ccc(F)c(F)c1Br)C1CCCCC1. The van der Waals surface area contributed by atoms with Crippen molar-refractivity contribution in [3.63, 3.8) is 0 Å². The fourth-order valence-corrected chi connectivity index (χ4v) is 3.30. The predicted molar refractivity (Wildman–Crippen MR) is 70.7 cm³/mol. The molecule has 0 radical (unpaired) electrons. The van der Waals surface area contributed by atoms with Gasteiger partial charge in [0, 0.05) is 6.04 Å². The highest BCUT2D eigenvalue weighted by Gasteiger charge is 2.27. The number of hydrazine groups is 1. The number of rotatable bonds is 3. The summed E-state index contributed by atoms with van der Waals surface area (Å²) in [5, 5.41) is 0. The minimum Gasteiger partial charge on any atom is -0.271 e. The van der Waals surface area contributed by atoms with Crippen molar-refractivity contribution in [1.29, 1.82) is 0 Å². The van der Waals surface area contributed by atoms with Crippen LogP contribution in [0.4, 0.5) is 8.78 Å². The van der Waals surface area contributed by atoms with Crippen molar-refractivity contribution in [2.24, 2.45) is 11.8 Å². The van der Waals surface area contributed by atoms with Gasteiger partial charge in [-0.05, 0) is 46.3 Å². The first-order chi connectivity index (χ1) is 8.65. The molecule has 0 heterocycles. The molecule has 1 unspecified atom stereocenters. The summed E-state index contributed by atoms with van der Waals surface area (Å²) < 4.78 is 26.9. The number of nitrogens with one attached hydrogen (secondary N) is 1. The monoisotopic (exact) mass is 318 g/mol. The van der Waals surface area contributed by atoms with E-state index in [4.69, 9.17) is 5.84 Å². The van der Waals surface area contributed by atoms with E-state index in [-0.39, 0.29) is 10.5 Å². The largest absolute Gasteiger partial charge is 0.271 e. The lowest BCUT2D eigenvalue weighted by molar-refractivity contribution is 0.272. The summed E-state index contributed by atoms with van der Waals surface area (Å²) in [5.41, 5.74) is 3.45. The number of benzene rings is 1. The number of nitrogens with two attached hydrogens (primary N) is 1. The second kappa shape index (κ2) is 6.08. The molecule has 2 rings (SSSR count). The summed E-state index contributed by atoms with van der Waals surface area (Å²) in [4.78, 5) is 0. The van der Waals surface area contributed by atoms with Gasteiger partial charge in [-0.2, -0.15) is 0 Å². The van der Waals surface area contributed by atoms with Gasteiger partial charge in [0.15, 0.2) is 11.6 Å². The Balaban J connectivity index is 2.29. The van der Waals surface area contributed by atoms with Crippen molar-refractivity contribution in [3.8, 4) is 0 Å². The highest BCUT2D eigenvalue weighted by atomic mass is 79.9. The van der Waals surface area contributed by atoms with E-state index in [0.717, 1.165) is 18.9 Å². The van der Waals surface area contributed by atoms with Crippen LogP contribution in [-0.2, 0) is 0 Å². The van der Waals surface area contributed by atoms with E-state index >= 15 is 0 Å². The van der Waals surface area contributed by atoms with Crippen LogP contribution in [0.5, 0.6) is 0 Å². The van der Waals surface area contributed by atoms with Gasteiger partial charge in [-0.15, -0.1) is 0 Å². The lowest BCUT2D eigenvalue weighted by Crippen LogP contribution is -2.35. The van der Waals surface area contributed by atoms with Gasteiger partial charge in [0.1, 0.15) is 0 Å². The molecule has 0 bridgehead atoms. The molecule has 3 N–H and O–H groups in total. The highest BCUT2D eigenvalue weighted by Crippen LogP contribution is 2.37. The fraction of sp³-hybridized carbons (Fsp3) is 0.538. The Bertz CT molecular complexity index is 420. The molecule has 1 aromatic carbocycles. The minimum atomic E-state index is -0.844. The van der Waals surface area contributed by atoms with Crippen LogP contribution in [0.2, 0.25) is 0 Å². The van der Waals surface area contributed by atoms with Gasteiger partial charge in [0.2, 0.25) is 0 Å². The molecular formula is C13H17BrF2N2. The molecule has 0 saturated heterocycles. The summed E-state index contributed by atoms with van der Waals surface area (Å²) in [6.45, 7) is 0. The van der Waals surface area contributed by atoms with Crippen LogP contribution in [0.25, 0.3) is 0 Å². The van der Waals surface area contributed by atoms with E-state index in [1.165, 1.54) is 19.3 Å². The van der Waals surface area contributed by atoms with Gasteiger partial charge in [-0.1, -0.05) is 25.3 Å². The minimum absolute atomic E-state index is 0.130. The quantitative estimate of drug-likeness (QED) is 0.505. The summed E-state index contributed by atoms with van der Waals surface area (Å²) in [5.74, 6) is 4.30. The van der Waals surface area contributed by atoms with Crippen LogP contribution in [-0.4, -0.2) is 0 Å². The Morgan fingerprint density at radius 1 is 1.22 bits per heavy atom. The van der Waals surface area contributed by atoms with Gasteiger partial charge < -0.3 is 0 Å². The molecule has 0 aromatic heterocycles. The molecule has 1 aliphatic rings. The number of hydrogen-bond acceptors (Lipinski definition) is 2. The maximum atomic E-state index is 13.6. The Morgan fingerprint density at radius 3 is 2.50 bits per heavy atom. The van der Waals surface area contributed by atoms with Gasteiger partial charge in [-0.25, -0.2) is 8.78 Å². The average molecular weight is 319 g/mol. The highest BCUT2D eigenvalue weighted by molar-refractivity contribution is 9.10. The summed E-state index contributed by atoms with van der Waals surface area (Å²) in [6.07, 6.45) is 5.72. The first-order valence-corrected chi connectivity index (χ1v) is 7.04. The molecule has 18 heavy (non-hydrogen) atoms. The molecule has 1 aliphatic carbocycles. The van der Waals surface area contributed by atoms with Gasteiger partial charge in [0.05, 0.1) is 4.47 Å². The van der Waals surface area contributed by atoms with Crippen molar-refractivity contribution in [2.75, 3.05) is 0 Å². The summed E-state index contributed by atoms with van der Waals surface area (Å²) >= 11 is 3.13. The molecular weight excluding hydrogens is 302 g/mol. The predicted octanol–water partition coefficient (Wildman–Crippen LogP) is 3.81. The lowest BCUT2D eigenvalue weighted by atomic mass is 9.81. The van der Waals surface area contributed by atoms with Crippen LogP contribution in [0.3, 0.4) is 0 Å². The Kier molecular flexibility index (Phi) is 4.70. The Morgan fingerprint density at radius 2 is 1.89 bits per heavy atom. The second-order valence-corrected chi connectivity index (χ2v) is 5.60. The normalized spacial score (nSPS) is 18.9. The Hall–Kier alpha value is -0.520. The number of hydrogen-bond donors (Lipinski definition) is 2. The first kappa shape index (κ1) is 13.9. The first-order valence-electron chi connectivity index (χ1n) is 6.24. The lowest BCUT2D eigenvalue weighted by Gasteiger charge is -2.30. The second-order valence-electron chi connectivity index (χ2n) is 4.81. The average Bonchev–Trinajstić information content (AvgIpc) is 2.41. The van der Waals surface area contributed by atoms with Crippen molar-refractivity contribution >= 4 is 15.9 Å². The third kappa shape index (κ3) is 2.73. The van der Waals surface area contributed by atoms with Gasteiger partial charge in [0.25, 0.3) is 0 Å². The van der Waals surface area contributed by atoms with Crippen LogP contribution in [0, 0.1) is 17.6 Å². The zero-order chi connectivity index (χ0) is 13.1. The van der Waals surface area contributed by atoms with E-state index in [0.29, 0.717) is 11.5 Å². The standard InChI is InChI=1S/C13H17BrF2N2/c14-11-9(6-7-10(15)12(11)16)13(18-17)8-4-2-1-3-5-8/h6-8,13,18H,1-5,17H2. The Labute approximate surface area is 114 Å². The topological polar surface area (TPSA) is 38.0 Å². The maximum absolute atomic E-state index is 13.6. The summed E-state index contributed by atoms with van der Waals surface area (Å²) in [6, 6.07) is 2.62. The van der Waals surface area contributed by atoms with Crippen LogP contribution in [0.15, 0.2) is 16.6 Å². The van der Waals surface area contributed by atoms with E-state index in [9.17, 15) is 8.78 Å². The zero-order valence-corrected chi connectivity index (χ0v) is 11.6. The van der Waals surface area contributed by atoms with Crippen molar-refractivity contribution in [1.82, 2.24) is 5.43 Å². The number of halogens is 3. The van der Waals surface area contributed by atoms with Gasteiger partial charge in [-0.3, -0.25) is 11.3 Å². The van der Waals surface area contributed by atoms with Crippen LogP contribution < -0.4 is 11.3 Å². The molecule has 0 amide bonds. The zero-order valence-electron chi connectivity index (χ0n) is 10.1. The molecule has 1 aromatic rings. The molecule has 0 aliphatic heterocycles. The molecule has 5 heteroatoms. The van der Waals surface area contributed by atoms with E-state index in [1.807, 2.05) is 0 Å². The summed E-state index contributed by atoms with van der Waals surface area (Å²) in [7, 11) is 0. The molecule has 0 spiro atoms. The van der Waals surface area contributed by atoms with Crippen LogP contribution >= 0.6 is 15.9 Å². The molecule has 100 valence electrons. The molecule has 2 nitrogen and oxygen atoms in total. The van der Waals surface area contributed by atoms with E-state index in [1.54, 1.807) is 6.07 Å². The van der Waals surface area contributed by atoms with Crippen molar-refractivity contribution in [3.05, 3.63) is 33.8 Å². The maximum Gasteiger partial charge on any atom is 0.173 e. The van der Waals surface area contributed by atoms with E-state index in [2.05, 4.69) is 21.4 Å². The van der Waals surface area contributed by atoms with Crippen LogP contribution in [0.1, 0.15) is 43.7 Å². The molecule has 1 atom stereocenters.